The van der Waals surface area contributed by atoms with Gasteiger partial charge in [0.1, 0.15) is 11.4 Å². The molecule has 0 aliphatic carbocycles. The van der Waals surface area contributed by atoms with Gasteiger partial charge in [-0.3, -0.25) is 4.79 Å². The van der Waals surface area contributed by atoms with Crippen LogP contribution in [0.5, 0.6) is 5.75 Å². The average molecular weight is 443 g/mol. The lowest BCUT2D eigenvalue weighted by molar-refractivity contribution is -0.136. The Hall–Kier alpha value is -4.06. The topological polar surface area (TPSA) is 67.9 Å². The van der Waals surface area contributed by atoms with E-state index in [-0.39, 0.29) is 17.2 Å². The smallest absolute Gasteiger partial charge is 0.338 e. The summed E-state index contributed by atoms with van der Waals surface area (Å²) in [5, 5.41) is 3.20. The van der Waals surface area contributed by atoms with Crippen molar-refractivity contribution in [3.8, 4) is 5.75 Å². The Balaban J connectivity index is 1.83. The lowest BCUT2D eigenvalue weighted by Crippen LogP contribution is -2.31. The molecular weight excluding hydrogens is 416 g/mol. The van der Waals surface area contributed by atoms with Crippen molar-refractivity contribution in [3.05, 3.63) is 107 Å². The molecule has 0 bridgehead atoms. The molecule has 3 aromatic carbocycles. The fourth-order valence-electron chi connectivity index (χ4n) is 4.06. The van der Waals surface area contributed by atoms with E-state index < -0.39 is 12.0 Å². The quantitative estimate of drug-likeness (QED) is 0.541. The van der Waals surface area contributed by atoms with Crippen LogP contribution in [0.4, 0.5) is 5.69 Å². The number of anilines is 1. The molecule has 168 valence electrons. The van der Waals surface area contributed by atoms with Gasteiger partial charge in [-0.25, -0.2) is 4.79 Å². The number of carbonyl (C=O) groups excluding carboxylic acids is 2. The summed E-state index contributed by atoms with van der Waals surface area (Å²) in [6, 6.07) is 24.1. The van der Waals surface area contributed by atoms with Gasteiger partial charge in [0.05, 0.1) is 25.8 Å². The zero-order valence-electron chi connectivity index (χ0n) is 18.9. The first-order valence-corrected chi connectivity index (χ1v) is 10.7. The maximum Gasteiger partial charge on any atom is 0.338 e. The van der Waals surface area contributed by atoms with Crippen LogP contribution >= 0.6 is 0 Å². The van der Waals surface area contributed by atoms with Crippen molar-refractivity contribution in [1.29, 1.82) is 0 Å². The van der Waals surface area contributed by atoms with Gasteiger partial charge >= 0.3 is 5.97 Å². The molecule has 1 unspecified atom stereocenters. The molecule has 0 aromatic heterocycles. The van der Waals surface area contributed by atoms with Crippen LogP contribution in [0.3, 0.4) is 0 Å². The zero-order chi connectivity index (χ0) is 23.4. The minimum Gasteiger partial charge on any atom is -0.497 e. The molecule has 0 spiro atoms. The van der Waals surface area contributed by atoms with E-state index in [2.05, 4.69) is 5.32 Å². The summed E-state index contributed by atoms with van der Waals surface area (Å²) in [4.78, 5) is 28.4. The van der Waals surface area contributed by atoms with E-state index >= 15 is 0 Å². The summed E-state index contributed by atoms with van der Waals surface area (Å²) in [7, 11) is 2.93. The van der Waals surface area contributed by atoms with Crippen LogP contribution in [0.2, 0.25) is 0 Å². The Morgan fingerprint density at radius 1 is 0.970 bits per heavy atom. The molecule has 6 nitrogen and oxygen atoms in total. The average Bonchev–Trinajstić information content (AvgIpc) is 3.10. The monoisotopic (exact) mass is 442 g/mol. The van der Waals surface area contributed by atoms with E-state index in [9.17, 15) is 9.59 Å². The predicted molar refractivity (Wildman–Crippen MR) is 127 cm³/mol. The molecule has 1 amide bonds. The Morgan fingerprint density at radius 2 is 1.70 bits per heavy atom. The molecule has 4 rings (SSSR count). The van der Waals surface area contributed by atoms with Crippen LogP contribution < -0.4 is 10.1 Å². The maximum atomic E-state index is 13.7. The van der Waals surface area contributed by atoms with Gasteiger partial charge in [0.15, 0.2) is 0 Å². The third-order valence-corrected chi connectivity index (χ3v) is 5.65. The van der Waals surface area contributed by atoms with Crippen molar-refractivity contribution in [3.63, 3.8) is 0 Å². The zero-order valence-corrected chi connectivity index (χ0v) is 18.9. The van der Waals surface area contributed by atoms with E-state index in [1.54, 1.807) is 12.0 Å². The van der Waals surface area contributed by atoms with Crippen LogP contribution in [0.1, 0.15) is 22.7 Å². The third kappa shape index (κ3) is 4.60. The van der Waals surface area contributed by atoms with Crippen molar-refractivity contribution in [1.82, 2.24) is 4.90 Å². The molecule has 1 aliphatic heterocycles. The number of benzene rings is 3. The molecule has 1 heterocycles. The van der Waals surface area contributed by atoms with Crippen LogP contribution in [-0.2, 0) is 20.9 Å². The largest absolute Gasteiger partial charge is 0.497 e. The molecule has 1 atom stereocenters. The number of hydrogen-bond acceptors (Lipinski definition) is 5. The summed E-state index contributed by atoms with van der Waals surface area (Å²) < 4.78 is 10.4. The summed E-state index contributed by atoms with van der Waals surface area (Å²) in [5.41, 5.74) is 4.04. The van der Waals surface area contributed by atoms with Gasteiger partial charge in [-0.1, -0.05) is 54.6 Å². The summed E-state index contributed by atoms with van der Waals surface area (Å²) in [6.45, 7) is 2.31. The van der Waals surface area contributed by atoms with E-state index in [1.807, 2.05) is 85.8 Å². The lowest BCUT2D eigenvalue weighted by atomic mass is 9.98. The molecule has 0 radical (unpaired) electrons. The predicted octanol–water partition coefficient (Wildman–Crippen LogP) is 4.63. The van der Waals surface area contributed by atoms with E-state index in [0.717, 1.165) is 22.4 Å². The molecule has 1 aliphatic rings. The Morgan fingerprint density at radius 3 is 2.33 bits per heavy atom. The molecule has 0 saturated carbocycles. The number of amides is 1. The maximum absolute atomic E-state index is 13.7. The fraction of sp³-hybridized carbons (Fsp3) is 0.185. The summed E-state index contributed by atoms with van der Waals surface area (Å²) >= 11 is 0. The van der Waals surface area contributed by atoms with Crippen molar-refractivity contribution >= 4 is 17.6 Å². The molecule has 1 N–H and O–H groups in total. The number of methoxy groups -OCH3 is 2. The lowest BCUT2D eigenvalue weighted by Gasteiger charge is -2.27. The molecular formula is C27H26N2O4. The molecule has 0 fully saturated rings. The SMILES string of the molecule is COC(=O)C1=C(Nc2cccc(C)c2)C(=O)N(Cc2ccccc2)C1c1ccc(OC)cc1. The van der Waals surface area contributed by atoms with Gasteiger partial charge in [0.2, 0.25) is 0 Å². The number of nitrogens with one attached hydrogen (secondary N) is 1. The van der Waals surface area contributed by atoms with Gasteiger partial charge in [-0.05, 0) is 47.9 Å². The summed E-state index contributed by atoms with van der Waals surface area (Å²) in [6.07, 6.45) is 0. The third-order valence-electron chi connectivity index (χ3n) is 5.65. The number of ether oxygens (including phenoxy) is 2. The van der Waals surface area contributed by atoms with Crippen molar-refractivity contribution < 1.29 is 19.1 Å². The number of esters is 1. The van der Waals surface area contributed by atoms with E-state index in [1.165, 1.54) is 7.11 Å². The number of aryl methyl sites for hydroxylation is 1. The van der Waals surface area contributed by atoms with Gasteiger partial charge < -0.3 is 19.7 Å². The minimum atomic E-state index is -0.608. The van der Waals surface area contributed by atoms with Gasteiger partial charge in [-0.15, -0.1) is 0 Å². The summed E-state index contributed by atoms with van der Waals surface area (Å²) in [5.74, 6) is -0.115. The van der Waals surface area contributed by atoms with Crippen molar-refractivity contribution in [2.75, 3.05) is 19.5 Å². The fourth-order valence-corrected chi connectivity index (χ4v) is 4.06. The first-order valence-electron chi connectivity index (χ1n) is 10.7. The van der Waals surface area contributed by atoms with Crippen molar-refractivity contribution in [2.45, 2.75) is 19.5 Å². The Labute approximate surface area is 193 Å². The number of nitrogens with zero attached hydrogens (tertiary/aromatic N) is 1. The molecule has 3 aromatic rings. The standard InChI is InChI=1S/C27H26N2O4/c1-18-8-7-11-21(16-18)28-24-23(27(31)33-3)25(20-12-14-22(32-2)15-13-20)29(26(24)30)17-19-9-5-4-6-10-19/h4-16,25,28H,17H2,1-3H3. The highest BCUT2D eigenvalue weighted by Crippen LogP contribution is 2.40. The molecule has 6 heteroatoms. The van der Waals surface area contributed by atoms with Crippen LogP contribution in [-0.4, -0.2) is 31.0 Å². The second-order valence-corrected chi connectivity index (χ2v) is 7.87. The highest BCUT2D eigenvalue weighted by molar-refractivity contribution is 6.09. The normalized spacial score (nSPS) is 15.5. The van der Waals surface area contributed by atoms with E-state index in [0.29, 0.717) is 12.3 Å². The van der Waals surface area contributed by atoms with Crippen molar-refractivity contribution in [2.24, 2.45) is 0 Å². The van der Waals surface area contributed by atoms with Crippen LogP contribution in [0.15, 0.2) is 90.1 Å². The Bertz CT molecular complexity index is 1190. The number of carbonyl (C=O) groups is 2. The van der Waals surface area contributed by atoms with Gasteiger partial charge in [-0.2, -0.15) is 0 Å². The first-order chi connectivity index (χ1) is 16.0. The second kappa shape index (κ2) is 9.61. The van der Waals surface area contributed by atoms with Gasteiger partial charge in [0.25, 0.3) is 5.91 Å². The number of hydrogen-bond donors (Lipinski definition) is 1. The first kappa shape index (κ1) is 22.1. The van der Waals surface area contributed by atoms with Crippen LogP contribution in [0.25, 0.3) is 0 Å². The van der Waals surface area contributed by atoms with Crippen LogP contribution in [0, 0.1) is 6.92 Å². The van der Waals surface area contributed by atoms with E-state index in [4.69, 9.17) is 9.47 Å². The number of rotatable bonds is 7. The minimum absolute atomic E-state index is 0.226. The second-order valence-electron chi connectivity index (χ2n) is 7.87. The Kier molecular flexibility index (Phi) is 6.45. The highest BCUT2D eigenvalue weighted by Gasteiger charge is 2.44. The molecule has 33 heavy (non-hydrogen) atoms. The van der Waals surface area contributed by atoms with Gasteiger partial charge in [0, 0.05) is 12.2 Å². The highest BCUT2D eigenvalue weighted by atomic mass is 16.5. The molecule has 0 saturated heterocycles.